The maximum Gasteiger partial charge on any atom is 0.123 e. The van der Waals surface area contributed by atoms with Crippen LogP contribution >= 0.6 is 0 Å². The molecule has 0 amide bonds. The second kappa shape index (κ2) is 5.89. The van der Waals surface area contributed by atoms with Gasteiger partial charge in [0.05, 0.1) is 7.11 Å². The molecule has 0 bridgehead atoms. The molecule has 1 heterocycles. The van der Waals surface area contributed by atoms with Crippen molar-refractivity contribution in [3.8, 4) is 5.75 Å². The molecule has 1 aromatic carbocycles. The van der Waals surface area contributed by atoms with E-state index in [1.54, 1.807) is 7.11 Å². The highest BCUT2D eigenvalue weighted by Crippen LogP contribution is 2.21. The minimum Gasteiger partial charge on any atom is -0.496 e. The average Bonchev–Trinajstić information content (AvgIpc) is 2.38. The number of anilines is 1. The van der Waals surface area contributed by atoms with Crippen LogP contribution in [0.5, 0.6) is 5.75 Å². The number of nitrogens with one attached hydrogen (secondary N) is 1. The van der Waals surface area contributed by atoms with E-state index in [4.69, 9.17) is 15.2 Å². The molecule has 1 aromatic rings. The second-order valence-corrected chi connectivity index (χ2v) is 4.34. The lowest BCUT2D eigenvalue weighted by Crippen LogP contribution is -2.34. The van der Waals surface area contributed by atoms with Crippen LogP contribution in [0, 0.1) is 0 Å². The molecule has 1 aliphatic rings. The first-order chi connectivity index (χ1) is 8.29. The lowest BCUT2D eigenvalue weighted by atomic mass is 10.1. The average molecular weight is 236 g/mol. The zero-order chi connectivity index (χ0) is 12.1. The SMILES string of the molecule is COc1ccc(N)cc1CNC1CCOCC1. The normalized spacial score (nSPS) is 17.0. The maximum atomic E-state index is 5.79. The third-order valence-corrected chi connectivity index (χ3v) is 3.11. The Hall–Kier alpha value is -1.26. The van der Waals surface area contributed by atoms with Gasteiger partial charge in [-0.15, -0.1) is 0 Å². The number of benzene rings is 1. The van der Waals surface area contributed by atoms with Gasteiger partial charge in [0.25, 0.3) is 0 Å². The maximum absolute atomic E-state index is 5.79. The Bertz CT molecular complexity index is 362. The zero-order valence-electron chi connectivity index (χ0n) is 10.2. The predicted molar refractivity (Wildman–Crippen MR) is 68.1 cm³/mol. The number of hydrogen-bond acceptors (Lipinski definition) is 4. The molecule has 3 N–H and O–H groups in total. The van der Waals surface area contributed by atoms with Crippen molar-refractivity contribution in [2.75, 3.05) is 26.1 Å². The predicted octanol–water partition coefficient (Wildman–Crippen LogP) is 1.55. The van der Waals surface area contributed by atoms with E-state index in [-0.39, 0.29) is 0 Å². The molecule has 17 heavy (non-hydrogen) atoms. The molecule has 1 aliphatic heterocycles. The van der Waals surface area contributed by atoms with Gasteiger partial charge in [-0.3, -0.25) is 0 Å². The molecule has 0 saturated carbocycles. The summed E-state index contributed by atoms with van der Waals surface area (Å²) in [4.78, 5) is 0. The van der Waals surface area contributed by atoms with Gasteiger partial charge in [0.1, 0.15) is 5.75 Å². The monoisotopic (exact) mass is 236 g/mol. The lowest BCUT2D eigenvalue weighted by Gasteiger charge is -2.23. The van der Waals surface area contributed by atoms with Crippen molar-refractivity contribution in [1.82, 2.24) is 5.32 Å². The first-order valence-corrected chi connectivity index (χ1v) is 6.03. The largest absolute Gasteiger partial charge is 0.496 e. The molecule has 0 unspecified atom stereocenters. The molecular formula is C13H20N2O2. The summed E-state index contributed by atoms with van der Waals surface area (Å²) >= 11 is 0. The molecular weight excluding hydrogens is 216 g/mol. The van der Waals surface area contributed by atoms with Gasteiger partial charge in [0, 0.05) is 37.1 Å². The third kappa shape index (κ3) is 3.35. The summed E-state index contributed by atoms with van der Waals surface area (Å²) in [6.07, 6.45) is 2.15. The second-order valence-electron chi connectivity index (χ2n) is 4.34. The van der Waals surface area contributed by atoms with E-state index < -0.39 is 0 Å². The van der Waals surface area contributed by atoms with Crippen LogP contribution in [0.15, 0.2) is 18.2 Å². The summed E-state index contributed by atoms with van der Waals surface area (Å²) < 4.78 is 10.7. The van der Waals surface area contributed by atoms with Crippen LogP contribution in [0.2, 0.25) is 0 Å². The first kappa shape index (κ1) is 12.2. The topological polar surface area (TPSA) is 56.5 Å². The van der Waals surface area contributed by atoms with E-state index in [2.05, 4.69) is 5.32 Å². The molecule has 94 valence electrons. The summed E-state index contributed by atoms with van der Waals surface area (Å²) in [5, 5.41) is 3.52. The van der Waals surface area contributed by atoms with Gasteiger partial charge < -0.3 is 20.5 Å². The molecule has 1 saturated heterocycles. The van der Waals surface area contributed by atoms with Gasteiger partial charge in [-0.05, 0) is 31.0 Å². The van der Waals surface area contributed by atoms with E-state index in [9.17, 15) is 0 Å². The highest BCUT2D eigenvalue weighted by molar-refractivity contribution is 5.47. The Morgan fingerprint density at radius 2 is 2.18 bits per heavy atom. The standard InChI is InChI=1S/C13H20N2O2/c1-16-13-3-2-11(14)8-10(13)9-15-12-4-6-17-7-5-12/h2-3,8,12,15H,4-7,9,14H2,1H3. The Morgan fingerprint density at radius 1 is 1.41 bits per heavy atom. The number of nitrogen functional groups attached to an aromatic ring is 1. The Kier molecular flexibility index (Phi) is 4.23. The summed E-state index contributed by atoms with van der Waals surface area (Å²) in [6.45, 7) is 2.50. The van der Waals surface area contributed by atoms with E-state index >= 15 is 0 Å². The zero-order valence-corrected chi connectivity index (χ0v) is 10.2. The minimum atomic E-state index is 0.537. The number of nitrogens with two attached hydrogens (primary N) is 1. The molecule has 4 heteroatoms. The van der Waals surface area contributed by atoms with Crippen molar-refractivity contribution in [3.63, 3.8) is 0 Å². The van der Waals surface area contributed by atoms with E-state index in [0.29, 0.717) is 6.04 Å². The number of methoxy groups -OCH3 is 1. The Labute approximate surface area is 102 Å². The van der Waals surface area contributed by atoms with Gasteiger partial charge >= 0.3 is 0 Å². The molecule has 0 spiro atoms. The molecule has 0 aliphatic carbocycles. The first-order valence-electron chi connectivity index (χ1n) is 6.03. The van der Waals surface area contributed by atoms with Crippen LogP contribution in [0.1, 0.15) is 18.4 Å². The van der Waals surface area contributed by atoms with Gasteiger partial charge in [-0.1, -0.05) is 0 Å². The van der Waals surface area contributed by atoms with Crippen LogP contribution < -0.4 is 15.8 Å². The van der Waals surface area contributed by atoms with Gasteiger partial charge in [-0.2, -0.15) is 0 Å². The highest BCUT2D eigenvalue weighted by atomic mass is 16.5. The molecule has 0 aromatic heterocycles. The van der Waals surface area contributed by atoms with Crippen molar-refractivity contribution in [2.45, 2.75) is 25.4 Å². The van der Waals surface area contributed by atoms with Gasteiger partial charge in [0.15, 0.2) is 0 Å². The fourth-order valence-corrected chi connectivity index (χ4v) is 2.09. The number of hydrogen-bond donors (Lipinski definition) is 2. The molecule has 2 rings (SSSR count). The lowest BCUT2D eigenvalue weighted by molar-refractivity contribution is 0.0775. The molecule has 1 fully saturated rings. The third-order valence-electron chi connectivity index (χ3n) is 3.11. The van der Waals surface area contributed by atoms with Crippen molar-refractivity contribution < 1.29 is 9.47 Å². The van der Waals surface area contributed by atoms with Crippen LogP contribution in [0.3, 0.4) is 0 Å². The minimum absolute atomic E-state index is 0.537. The summed E-state index contributed by atoms with van der Waals surface area (Å²) in [5.41, 5.74) is 7.67. The quantitative estimate of drug-likeness (QED) is 0.779. The molecule has 0 radical (unpaired) electrons. The highest BCUT2D eigenvalue weighted by Gasteiger charge is 2.13. The van der Waals surface area contributed by atoms with E-state index in [0.717, 1.165) is 49.6 Å². The summed E-state index contributed by atoms with van der Waals surface area (Å²) in [7, 11) is 1.68. The van der Waals surface area contributed by atoms with Crippen molar-refractivity contribution in [3.05, 3.63) is 23.8 Å². The van der Waals surface area contributed by atoms with Crippen molar-refractivity contribution in [1.29, 1.82) is 0 Å². The smallest absolute Gasteiger partial charge is 0.123 e. The van der Waals surface area contributed by atoms with Crippen LogP contribution in [0.4, 0.5) is 5.69 Å². The fraction of sp³-hybridized carbons (Fsp3) is 0.538. The van der Waals surface area contributed by atoms with Crippen molar-refractivity contribution in [2.24, 2.45) is 0 Å². The Balaban J connectivity index is 1.95. The van der Waals surface area contributed by atoms with Crippen molar-refractivity contribution >= 4 is 5.69 Å². The number of ether oxygens (including phenoxy) is 2. The summed E-state index contributed by atoms with van der Waals surface area (Å²) in [5.74, 6) is 0.888. The van der Waals surface area contributed by atoms with Crippen LogP contribution in [-0.2, 0) is 11.3 Å². The molecule has 4 nitrogen and oxygen atoms in total. The van der Waals surface area contributed by atoms with Crippen LogP contribution in [-0.4, -0.2) is 26.4 Å². The summed E-state index contributed by atoms with van der Waals surface area (Å²) in [6, 6.07) is 6.27. The van der Waals surface area contributed by atoms with E-state index in [1.165, 1.54) is 0 Å². The number of rotatable bonds is 4. The van der Waals surface area contributed by atoms with Crippen LogP contribution in [0.25, 0.3) is 0 Å². The van der Waals surface area contributed by atoms with E-state index in [1.807, 2.05) is 18.2 Å². The van der Waals surface area contributed by atoms with Gasteiger partial charge in [-0.25, -0.2) is 0 Å². The van der Waals surface area contributed by atoms with Gasteiger partial charge in [0.2, 0.25) is 0 Å². The fourth-order valence-electron chi connectivity index (χ4n) is 2.09. The molecule has 0 atom stereocenters. The Morgan fingerprint density at radius 3 is 2.88 bits per heavy atom.